The Hall–Kier alpha value is -7.04. The van der Waals surface area contributed by atoms with Crippen LogP contribution in [0.3, 0.4) is 0 Å². The predicted octanol–water partition coefficient (Wildman–Crippen LogP) is 12.2. The lowest BCUT2D eigenvalue weighted by Crippen LogP contribution is -2.25. The molecule has 0 atom stereocenters. The van der Waals surface area contributed by atoms with Gasteiger partial charge in [-0.15, -0.1) is 0 Å². The fraction of sp³-hybridized carbons (Fsp3) is 0.0400. The van der Waals surface area contributed by atoms with Gasteiger partial charge in [0.2, 0.25) is 0 Å². The molecule has 0 aliphatic carbocycles. The zero-order valence-corrected chi connectivity index (χ0v) is 30.1. The summed E-state index contributed by atoms with van der Waals surface area (Å²) in [6, 6.07) is 45.7. The first-order valence-electron chi connectivity index (χ1n) is 18.3. The Labute approximate surface area is 311 Å². The van der Waals surface area contributed by atoms with Crippen molar-refractivity contribution in [2.75, 3.05) is 0 Å². The molecule has 0 saturated carbocycles. The number of nitrogens with zero attached hydrogens (tertiary/aromatic N) is 2. The minimum atomic E-state index is 0.753. The van der Waals surface area contributed by atoms with E-state index in [1.165, 1.54) is 32.6 Å². The van der Waals surface area contributed by atoms with Gasteiger partial charge in [0.15, 0.2) is 5.42 Å². The lowest BCUT2D eigenvalue weighted by molar-refractivity contribution is 0.516. The number of aromatic nitrogens is 2. The summed E-state index contributed by atoms with van der Waals surface area (Å²) >= 11 is 0. The predicted molar refractivity (Wildman–Crippen MR) is 228 cm³/mol. The minimum Gasteiger partial charge on any atom is -0.456 e. The summed E-state index contributed by atoms with van der Waals surface area (Å²) in [6.45, 7) is 12.4. The second kappa shape index (κ2) is 12.3. The number of allylic oxidation sites excluding steroid dienone is 4. The van der Waals surface area contributed by atoms with Gasteiger partial charge in [-0.1, -0.05) is 98.1 Å². The number of benzene rings is 6. The Morgan fingerprint density at radius 3 is 1.98 bits per heavy atom. The molecule has 0 bridgehead atoms. The molecule has 4 nitrogen and oxygen atoms in total. The molecule has 0 spiro atoms. The third-order valence-corrected chi connectivity index (χ3v) is 10.8. The molecular formula is C50H36N2O2. The fourth-order valence-corrected chi connectivity index (χ4v) is 8.19. The molecule has 0 amide bonds. The molecule has 0 radical (unpaired) electrons. The highest BCUT2D eigenvalue weighted by molar-refractivity contribution is 6.14. The van der Waals surface area contributed by atoms with Crippen molar-refractivity contribution in [1.29, 1.82) is 0 Å². The van der Waals surface area contributed by atoms with Crippen LogP contribution in [0.1, 0.15) is 18.2 Å². The highest BCUT2D eigenvalue weighted by atomic mass is 16.3. The van der Waals surface area contributed by atoms with E-state index in [4.69, 9.17) is 8.83 Å². The van der Waals surface area contributed by atoms with E-state index in [0.717, 1.165) is 77.4 Å². The van der Waals surface area contributed by atoms with Gasteiger partial charge < -0.3 is 18.0 Å². The van der Waals surface area contributed by atoms with Crippen molar-refractivity contribution in [2.45, 2.75) is 13.8 Å². The SMILES string of the molecule is C=C/C=C\c1o/c(=C(/C=C\C)n2c3ccccc3c3cc(-c4ccc5c(c4)c4ccccc4n5-c4ccc5oc6ccccc6c5c4)ccc32)c(=C)c1C. The van der Waals surface area contributed by atoms with Gasteiger partial charge >= 0.3 is 0 Å². The zero-order valence-electron chi connectivity index (χ0n) is 30.1. The highest BCUT2D eigenvalue weighted by Crippen LogP contribution is 2.39. The molecule has 4 heteroatoms. The summed E-state index contributed by atoms with van der Waals surface area (Å²) in [4.78, 5) is 0. The van der Waals surface area contributed by atoms with Crippen molar-refractivity contribution in [3.8, 4) is 16.8 Å². The molecule has 10 aromatic rings. The van der Waals surface area contributed by atoms with E-state index in [1.54, 1.807) is 6.08 Å². The Morgan fingerprint density at radius 1 is 0.611 bits per heavy atom. The quantitative estimate of drug-likeness (QED) is 0.162. The smallest absolute Gasteiger partial charge is 0.158 e. The molecular weight excluding hydrogens is 661 g/mol. The largest absolute Gasteiger partial charge is 0.456 e. The van der Waals surface area contributed by atoms with Crippen LogP contribution in [-0.2, 0) is 0 Å². The first-order chi connectivity index (χ1) is 26.5. The van der Waals surface area contributed by atoms with E-state index in [0.29, 0.717) is 0 Å². The molecule has 4 heterocycles. The van der Waals surface area contributed by atoms with Crippen LogP contribution < -0.4 is 10.6 Å². The van der Waals surface area contributed by atoms with E-state index in [9.17, 15) is 0 Å². The first-order valence-corrected chi connectivity index (χ1v) is 18.3. The van der Waals surface area contributed by atoms with Crippen molar-refractivity contribution in [1.82, 2.24) is 9.13 Å². The normalized spacial score (nSPS) is 12.9. The molecule has 6 aromatic carbocycles. The molecule has 0 saturated heterocycles. The van der Waals surface area contributed by atoms with Gasteiger partial charge in [-0.25, -0.2) is 0 Å². The van der Waals surface area contributed by atoms with E-state index < -0.39 is 0 Å². The standard InChI is InChI=1S/C50H36N2O2/c1-5-7-20-47-31(3)32(4)50(54-47)46(14-6-2)52-43-19-12-9-16-37(43)40-29-34(23-26-45(40)52)33-22-25-44-39(28-33)36-15-8-11-18-42(36)51(44)35-24-27-49-41(30-35)38-17-10-13-21-48(38)53-49/h5-30H,1,4H2,2-3H3/b14-6-,20-7-,50-46-. The molecule has 0 unspecified atom stereocenters. The topological polar surface area (TPSA) is 36.1 Å². The minimum absolute atomic E-state index is 0.753. The van der Waals surface area contributed by atoms with Gasteiger partial charge in [-0.05, 0) is 97.8 Å². The van der Waals surface area contributed by atoms with Crippen molar-refractivity contribution >= 4 is 83.9 Å². The number of rotatable bonds is 6. The highest BCUT2D eigenvalue weighted by Gasteiger charge is 2.18. The Kier molecular flexibility index (Phi) is 7.21. The van der Waals surface area contributed by atoms with Gasteiger partial charge in [0, 0.05) is 48.8 Å². The zero-order chi connectivity index (χ0) is 36.5. The summed E-state index contributed by atoms with van der Waals surface area (Å²) in [5.74, 6) is 0.784. The fourth-order valence-electron chi connectivity index (χ4n) is 8.19. The van der Waals surface area contributed by atoms with E-state index >= 15 is 0 Å². The number of hydrogen-bond donors (Lipinski definition) is 0. The molecule has 0 aliphatic heterocycles. The average Bonchev–Trinajstić information content (AvgIpc) is 3.93. The van der Waals surface area contributed by atoms with Gasteiger partial charge in [0.05, 0.1) is 27.8 Å². The summed E-state index contributed by atoms with van der Waals surface area (Å²) in [5.41, 5.74) is 12.5. The van der Waals surface area contributed by atoms with E-state index in [2.05, 4.69) is 157 Å². The van der Waals surface area contributed by atoms with Crippen LogP contribution in [0.4, 0.5) is 0 Å². The number of para-hydroxylation sites is 3. The van der Waals surface area contributed by atoms with E-state index in [-0.39, 0.29) is 0 Å². The monoisotopic (exact) mass is 696 g/mol. The molecule has 0 N–H and O–H groups in total. The third kappa shape index (κ3) is 4.70. The summed E-state index contributed by atoms with van der Waals surface area (Å²) in [5, 5.41) is 7.90. The molecule has 258 valence electrons. The van der Waals surface area contributed by atoms with Gasteiger partial charge in [0.25, 0.3) is 0 Å². The Balaban J connectivity index is 1.17. The van der Waals surface area contributed by atoms with E-state index in [1.807, 2.05) is 31.2 Å². The number of hydrogen-bond acceptors (Lipinski definition) is 2. The summed E-state index contributed by atoms with van der Waals surface area (Å²) in [7, 11) is 0. The van der Waals surface area contributed by atoms with Crippen molar-refractivity contribution in [2.24, 2.45) is 0 Å². The average molecular weight is 697 g/mol. The van der Waals surface area contributed by atoms with Crippen molar-refractivity contribution in [3.63, 3.8) is 0 Å². The summed E-state index contributed by atoms with van der Waals surface area (Å²) < 4.78 is 17.4. The molecule has 0 fully saturated rings. The van der Waals surface area contributed by atoms with Crippen LogP contribution in [0, 0.1) is 6.92 Å². The molecule has 10 rings (SSSR count). The molecule has 4 aromatic heterocycles. The maximum Gasteiger partial charge on any atom is 0.158 e. The Morgan fingerprint density at radius 2 is 1.22 bits per heavy atom. The first kappa shape index (κ1) is 31.7. The van der Waals surface area contributed by atoms with Gasteiger partial charge in [-0.2, -0.15) is 0 Å². The van der Waals surface area contributed by atoms with Crippen molar-refractivity contribution in [3.05, 3.63) is 180 Å². The van der Waals surface area contributed by atoms with Crippen LogP contribution in [0.5, 0.6) is 0 Å². The number of furan rings is 2. The van der Waals surface area contributed by atoms with Crippen LogP contribution in [0.2, 0.25) is 0 Å². The third-order valence-electron chi connectivity index (χ3n) is 10.8. The molecule has 54 heavy (non-hydrogen) atoms. The lowest BCUT2D eigenvalue weighted by atomic mass is 10.0. The van der Waals surface area contributed by atoms with Crippen LogP contribution in [0.25, 0.3) is 101 Å². The van der Waals surface area contributed by atoms with Crippen molar-refractivity contribution < 1.29 is 8.83 Å². The van der Waals surface area contributed by atoms with Gasteiger partial charge in [-0.3, -0.25) is 0 Å². The van der Waals surface area contributed by atoms with Gasteiger partial charge in [0.1, 0.15) is 16.9 Å². The molecule has 0 aliphatic rings. The Bertz CT molecular complexity index is 3340. The maximum absolute atomic E-state index is 6.51. The van der Waals surface area contributed by atoms with Crippen LogP contribution >= 0.6 is 0 Å². The second-order valence-corrected chi connectivity index (χ2v) is 13.8. The van der Waals surface area contributed by atoms with Crippen LogP contribution in [-0.4, -0.2) is 9.13 Å². The maximum atomic E-state index is 6.51. The second-order valence-electron chi connectivity index (χ2n) is 13.8. The summed E-state index contributed by atoms with van der Waals surface area (Å²) in [6.07, 6.45) is 9.76. The number of fused-ring (bicyclic) bond motifs is 9. The lowest BCUT2D eigenvalue weighted by Gasteiger charge is -2.10. The van der Waals surface area contributed by atoms with Crippen LogP contribution in [0.15, 0.2) is 167 Å².